The fourth-order valence-electron chi connectivity index (χ4n) is 3.69. The van der Waals surface area contributed by atoms with Gasteiger partial charge in [0.2, 0.25) is 0 Å². The Balaban J connectivity index is 1.41. The van der Waals surface area contributed by atoms with Crippen LogP contribution >= 0.6 is 0 Å². The number of piperidine rings is 1. The molecule has 0 aromatic heterocycles. The van der Waals surface area contributed by atoms with E-state index in [9.17, 15) is 0 Å². The molecule has 3 heteroatoms. The summed E-state index contributed by atoms with van der Waals surface area (Å²) < 4.78 is 12.1. The van der Waals surface area contributed by atoms with Gasteiger partial charge in [-0.3, -0.25) is 0 Å². The van der Waals surface area contributed by atoms with Crippen LogP contribution in [-0.4, -0.2) is 19.7 Å². The summed E-state index contributed by atoms with van der Waals surface area (Å²) in [7, 11) is 0. The van der Waals surface area contributed by atoms with Crippen LogP contribution in [0.4, 0.5) is 0 Å². The van der Waals surface area contributed by atoms with E-state index in [0.717, 1.165) is 36.8 Å². The molecule has 0 unspecified atom stereocenters. The lowest BCUT2D eigenvalue weighted by Gasteiger charge is -2.32. The second-order valence-electron chi connectivity index (χ2n) is 6.97. The first-order valence-corrected chi connectivity index (χ1v) is 9.60. The van der Waals surface area contributed by atoms with Crippen LogP contribution < -0.4 is 14.8 Å². The van der Waals surface area contributed by atoms with Crippen molar-refractivity contribution in [1.82, 2.24) is 5.32 Å². The number of ether oxygens (including phenoxy) is 2. The largest absolute Gasteiger partial charge is 0.493 e. The van der Waals surface area contributed by atoms with Gasteiger partial charge < -0.3 is 14.8 Å². The van der Waals surface area contributed by atoms with Crippen LogP contribution in [0.5, 0.6) is 17.2 Å². The summed E-state index contributed by atoms with van der Waals surface area (Å²) in [6.45, 7) is 2.75. The highest BCUT2D eigenvalue weighted by molar-refractivity contribution is 5.36. The Morgan fingerprint density at radius 1 is 0.778 bits per heavy atom. The van der Waals surface area contributed by atoms with Crippen LogP contribution in [0.3, 0.4) is 0 Å². The molecule has 2 atom stereocenters. The predicted octanol–water partition coefficient (Wildman–Crippen LogP) is 5.25. The minimum absolute atomic E-state index is 0.458. The molecular formula is C24H25NO2. The lowest BCUT2D eigenvalue weighted by atomic mass is 9.81. The van der Waals surface area contributed by atoms with E-state index in [4.69, 9.17) is 9.47 Å². The monoisotopic (exact) mass is 359 g/mol. The molecule has 3 aromatic rings. The van der Waals surface area contributed by atoms with Crippen LogP contribution in [-0.2, 0) is 0 Å². The van der Waals surface area contributed by atoms with E-state index >= 15 is 0 Å². The van der Waals surface area contributed by atoms with Gasteiger partial charge in [0.05, 0.1) is 6.61 Å². The van der Waals surface area contributed by atoms with Crippen molar-refractivity contribution in [3.63, 3.8) is 0 Å². The van der Waals surface area contributed by atoms with E-state index in [-0.39, 0.29) is 0 Å². The summed E-state index contributed by atoms with van der Waals surface area (Å²) in [6, 6.07) is 28.5. The summed E-state index contributed by atoms with van der Waals surface area (Å²) in [5.74, 6) is 3.47. The Morgan fingerprint density at radius 2 is 1.48 bits per heavy atom. The van der Waals surface area contributed by atoms with E-state index in [1.165, 1.54) is 5.56 Å². The topological polar surface area (TPSA) is 30.5 Å². The lowest BCUT2D eigenvalue weighted by molar-refractivity contribution is 0.196. The summed E-state index contributed by atoms with van der Waals surface area (Å²) in [5.41, 5.74) is 1.41. The molecule has 1 fully saturated rings. The lowest BCUT2D eigenvalue weighted by Crippen LogP contribution is -2.38. The maximum atomic E-state index is 6.16. The van der Waals surface area contributed by atoms with Crippen molar-refractivity contribution < 1.29 is 9.47 Å². The third kappa shape index (κ3) is 4.69. The van der Waals surface area contributed by atoms with Gasteiger partial charge in [-0.05, 0) is 48.7 Å². The molecule has 3 aromatic carbocycles. The maximum Gasteiger partial charge on any atom is 0.131 e. The highest BCUT2D eigenvalue weighted by Crippen LogP contribution is 2.31. The van der Waals surface area contributed by atoms with E-state index in [2.05, 4.69) is 35.6 Å². The van der Waals surface area contributed by atoms with Crippen molar-refractivity contribution in [2.75, 3.05) is 19.7 Å². The molecule has 0 radical (unpaired) electrons. The second kappa shape index (κ2) is 8.74. The molecule has 0 spiro atoms. The molecule has 0 amide bonds. The van der Waals surface area contributed by atoms with Gasteiger partial charge in [-0.15, -0.1) is 0 Å². The number of benzene rings is 3. The van der Waals surface area contributed by atoms with Crippen LogP contribution in [0.25, 0.3) is 0 Å². The molecule has 1 saturated heterocycles. The van der Waals surface area contributed by atoms with Gasteiger partial charge in [0.25, 0.3) is 0 Å². The van der Waals surface area contributed by atoms with Crippen molar-refractivity contribution >= 4 is 0 Å². The Morgan fingerprint density at radius 3 is 2.30 bits per heavy atom. The highest BCUT2D eigenvalue weighted by Gasteiger charge is 2.26. The minimum Gasteiger partial charge on any atom is -0.493 e. The van der Waals surface area contributed by atoms with Crippen molar-refractivity contribution in [3.05, 3.63) is 90.5 Å². The van der Waals surface area contributed by atoms with Gasteiger partial charge in [0.15, 0.2) is 0 Å². The molecule has 0 bridgehead atoms. The highest BCUT2D eigenvalue weighted by atomic mass is 16.5. The molecule has 0 saturated carbocycles. The zero-order valence-corrected chi connectivity index (χ0v) is 15.4. The molecule has 1 aliphatic rings. The SMILES string of the molecule is c1ccc(Oc2cccc(OC[C@H]3CNCC[C@@H]3c3ccccc3)c2)cc1. The van der Waals surface area contributed by atoms with Gasteiger partial charge in [-0.25, -0.2) is 0 Å². The number of hydrogen-bond acceptors (Lipinski definition) is 3. The third-order valence-corrected chi connectivity index (χ3v) is 5.08. The molecule has 138 valence electrons. The van der Waals surface area contributed by atoms with Crippen LogP contribution in [0.15, 0.2) is 84.9 Å². The van der Waals surface area contributed by atoms with Crippen molar-refractivity contribution in [3.8, 4) is 17.2 Å². The maximum absolute atomic E-state index is 6.16. The first kappa shape index (κ1) is 17.6. The first-order valence-electron chi connectivity index (χ1n) is 9.60. The van der Waals surface area contributed by atoms with Gasteiger partial charge in [0, 0.05) is 18.5 Å². The molecular weight excluding hydrogens is 334 g/mol. The zero-order chi connectivity index (χ0) is 18.3. The number of hydrogen-bond donors (Lipinski definition) is 1. The standard InChI is InChI=1S/C24H25NO2/c1-3-8-19(9-4-1)24-14-15-25-17-20(24)18-26-22-12-7-13-23(16-22)27-21-10-5-2-6-11-21/h1-13,16,20,24-25H,14-15,17-18H2/t20-,24-/m1/s1. The molecule has 3 nitrogen and oxygen atoms in total. The van der Waals surface area contributed by atoms with Crippen molar-refractivity contribution in [2.24, 2.45) is 5.92 Å². The van der Waals surface area contributed by atoms with Gasteiger partial charge in [0.1, 0.15) is 17.2 Å². The van der Waals surface area contributed by atoms with Gasteiger partial charge in [-0.1, -0.05) is 54.6 Å². The number of para-hydroxylation sites is 1. The fourth-order valence-corrected chi connectivity index (χ4v) is 3.69. The van der Waals surface area contributed by atoms with Crippen LogP contribution in [0.1, 0.15) is 17.9 Å². The average molecular weight is 359 g/mol. The van der Waals surface area contributed by atoms with Crippen LogP contribution in [0, 0.1) is 5.92 Å². The molecule has 1 N–H and O–H groups in total. The third-order valence-electron chi connectivity index (χ3n) is 5.08. The Kier molecular flexibility index (Phi) is 5.70. The average Bonchev–Trinajstić information content (AvgIpc) is 2.74. The smallest absolute Gasteiger partial charge is 0.131 e. The van der Waals surface area contributed by atoms with Crippen molar-refractivity contribution in [2.45, 2.75) is 12.3 Å². The summed E-state index contributed by atoms with van der Waals surface area (Å²) in [4.78, 5) is 0. The number of nitrogens with one attached hydrogen (secondary N) is 1. The molecule has 1 heterocycles. The quantitative estimate of drug-likeness (QED) is 0.652. The summed E-state index contributed by atoms with van der Waals surface area (Å²) in [6.07, 6.45) is 1.15. The minimum atomic E-state index is 0.458. The van der Waals surface area contributed by atoms with Crippen LogP contribution in [0.2, 0.25) is 0 Å². The van der Waals surface area contributed by atoms with Gasteiger partial charge >= 0.3 is 0 Å². The second-order valence-corrected chi connectivity index (χ2v) is 6.97. The summed E-state index contributed by atoms with van der Waals surface area (Å²) in [5, 5.41) is 3.51. The Hall–Kier alpha value is -2.78. The summed E-state index contributed by atoms with van der Waals surface area (Å²) >= 11 is 0. The van der Waals surface area contributed by atoms with E-state index in [1.807, 2.05) is 54.6 Å². The van der Waals surface area contributed by atoms with E-state index < -0.39 is 0 Å². The number of rotatable bonds is 6. The predicted molar refractivity (Wildman–Crippen MR) is 109 cm³/mol. The van der Waals surface area contributed by atoms with Crippen molar-refractivity contribution in [1.29, 1.82) is 0 Å². The zero-order valence-electron chi connectivity index (χ0n) is 15.4. The van der Waals surface area contributed by atoms with Gasteiger partial charge in [-0.2, -0.15) is 0 Å². The van der Waals surface area contributed by atoms with E-state index in [0.29, 0.717) is 18.4 Å². The Bertz CT molecular complexity index is 835. The fraction of sp³-hybridized carbons (Fsp3) is 0.250. The molecule has 0 aliphatic carbocycles. The first-order chi connectivity index (χ1) is 13.4. The molecule has 27 heavy (non-hydrogen) atoms. The normalized spacial score (nSPS) is 19.4. The Labute approximate surface area is 161 Å². The molecule has 1 aliphatic heterocycles. The van der Waals surface area contributed by atoms with E-state index in [1.54, 1.807) is 0 Å². The molecule has 4 rings (SSSR count).